The van der Waals surface area contributed by atoms with Crippen molar-refractivity contribution < 1.29 is 0 Å². The van der Waals surface area contributed by atoms with Crippen molar-refractivity contribution in [1.29, 1.82) is 0 Å². The first kappa shape index (κ1) is 11.2. The fourth-order valence-corrected chi connectivity index (χ4v) is 1.93. The van der Waals surface area contributed by atoms with E-state index in [1.807, 2.05) is 24.3 Å². The Morgan fingerprint density at radius 1 is 1.06 bits per heavy atom. The molecule has 2 N–H and O–H groups in total. The van der Waals surface area contributed by atoms with Gasteiger partial charge in [0.1, 0.15) is 0 Å². The van der Waals surface area contributed by atoms with E-state index in [9.17, 15) is 0 Å². The van der Waals surface area contributed by atoms with Crippen molar-refractivity contribution in [1.82, 2.24) is 0 Å². The van der Waals surface area contributed by atoms with Crippen LogP contribution in [0.5, 0.6) is 0 Å². The van der Waals surface area contributed by atoms with E-state index in [1.165, 1.54) is 16.7 Å². The van der Waals surface area contributed by atoms with E-state index in [4.69, 9.17) is 17.3 Å². The normalized spacial score (nSPS) is 10.4. The summed E-state index contributed by atoms with van der Waals surface area (Å²) in [5, 5.41) is 0.764. The minimum atomic E-state index is 0.585. The molecule has 2 aromatic rings. The standard InChI is InChI=1S/C14H14ClN/c1-10-8-11(9-16)2-7-14(10)12-3-5-13(15)6-4-12/h2-8H,9,16H2,1H3. The molecule has 2 aromatic carbocycles. The average Bonchev–Trinajstić information content (AvgIpc) is 2.30. The van der Waals surface area contributed by atoms with Crippen LogP contribution in [0.4, 0.5) is 0 Å². The maximum atomic E-state index is 5.87. The molecule has 1 nitrogen and oxygen atoms in total. The second-order valence-corrected chi connectivity index (χ2v) is 4.30. The lowest BCUT2D eigenvalue weighted by molar-refractivity contribution is 1.07. The lowest BCUT2D eigenvalue weighted by atomic mass is 9.98. The first-order valence-corrected chi connectivity index (χ1v) is 5.64. The Balaban J connectivity index is 2.44. The Bertz CT molecular complexity index is 489. The highest BCUT2D eigenvalue weighted by atomic mass is 35.5. The smallest absolute Gasteiger partial charge is 0.0406 e. The number of halogens is 1. The molecule has 82 valence electrons. The van der Waals surface area contributed by atoms with E-state index in [0.717, 1.165) is 10.6 Å². The summed E-state index contributed by atoms with van der Waals surface area (Å²) in [6, 6.07) is 14.2. The highest BCUT2D eigenvalue weighted by Gasteiger charge is 2.02. The summed E-state index contributed by atoms with van der Waals surface area (Å²) in [7, 11) is 0. The van der Waals surface area contributed by atoms with E-state index >= 15 is 0 Å². The largest absolute Gasteiger partial charge is 0.326 e. The molecule has 0 aliphatic heterocycles. The van der Waals surface area contributed by atoms with Crippen LogP contribution in [0.3, 0.4) is 0 Å². The van der Waals surface area contributed by atoms with Gasteiger partial charge < -0.3 is 5.73 Å². The second kappa shape index (κ2) is 4.69. The van der Waals surface area contributed by atoms with Crippen molar-refractivity contribution in [2.75, 3.05) is 0 Å². The second-order valence-electron chi connectivity index (χ2n) is 3.86. The minimum Gasteiger partial charge on any atom is -0.326 e. The third-order valence-corrected chi connectivity index (χ3v) is 2.93. The number of nitrogens with two attached hydrogens (primary N) is 1. The molecule has 0 saturated heterocycles. The van der Waals surface area contributed by atoms with Gasteiger partial charge >= 0.3 is 0 Å². The Hall–Kier alpha value is -1.31. The van der Waals surface area contributed by atoms with Gasteiger partial charge in [-0.3, -0.25) is 0 Å². The summed E-state index contributed by atoms with van der Waals surface area (Å²) in [4.78, 5) is 0. The average molecular weight is 232 g/mol. The molecule has 0 aliphatic carbocycles. The van der Waals surface area contributed by atoms with Crippen molar-refractivity contribution in [3.8, 4) is 11.1 Å². The lowest BCUT2D eigenvalue weighted by Gasteiger charge is -2.08. The minimum absolute atomic E-state index is 0.585. The Labute approximate surface area is 101 Å². The van der Waals surface area contributed by atoms with E-state index in [0.29, 0.717) is 6.54 Å². The van der Waals surface area contributed by atoms with Crippen molar-refractivity contribution in [3.63, 3.8) is 0 Å². The molecule has 0 fully saturated rings. The molecule has 0 spiro atoms. The lowest BCUT2D eigenvalue weighted by Crippen LogP contribution is -1.96. The number of hydrogen-bond acceptors (Lipinski definition) is 1. The first-order valence-electron chi connectivity index (χ1n) is 5.26. The molecule has 2 rings (SSSR count). The van der Waals surface area contributed by atoms with Crippen LogP contribution < -0.4 is 5.73 Å². The Kier molecular flexibility index (Phi) is 3.28. The van der Waals surface area contributed by atoms with Crippen LogP contribution in [0.2, 0.25) is 5.02 Å². The predicted octanol–water partition coefficient (Wildman–Crippen LogP) is 3.77. The van der Waals surface area contributed by atoms with E-state index in [2.05, 4.69) is 25.1 Å². The van der Waals surface area contributed by atoms with Gasteiger partial charge in [0.25, 0.3) is 0 Å². The molecule has 0 radical (unpaired) electrons. The fourth-order valence-electron chi connectivity index (χ4n) is 1.81. The summed E-state index contributed by atoms with van der Waals surface area (Å²) in [5.41, 5.74) is 10.4. The maximum absolute atomic E-state index is 5.87. The molecular weight excluding hydrogens is 218 g/mol. The first-order chi connectivity index (χ1) is 7.70. The Morgan fingerprint density at radius 3 is 2.31 bits per heavy atom. The van der Waals surface area contributed by atoms with Gasteiger partial charge in [-0.2, -0.15) is 0 Å². The van der Waals surface area contributed by atoms with Gasteiger partial charge in [0.15, 0.2) is 0 Å². The number of hydrogen-bond donors (Lipinski definition) is 1. The molecule has 0 bridgehead atoms. The SMILES string of the molecule is Cc1cc(CN)ccc1-c1ccc(Cl)cc1. The van der Waals surface area contributed by atoms with Crippen LogP contribution >= 0.6 is 11.6 Å². The van der Waals surface area contributed by atoms with Gasteiger partial charge in [0.05, 0.1) is 0 Å². The summed E-state index contributed by atoms with van der Waals surface area (Å²) in [6.45, 7) is 2.69. The topological polar surface area (TPSA) is 26.0 Å². The van der Waals surface area contributed by atoms with Crippen LogP contribution in [0.25, 0.3) is 11.1 Å². The zero-order chi connectivity index (χ0) is 11.5. The van der Waals surface area contributed by atoms with Gasteiger partial charge in [0, 0.05) is 11.6 Å². The third kappa shape index (κ3) is 2.26. The highest BCUT2D eigenvalue weighted by Crippen LogP contribution is 2.25. The van der Waals surface area contributed by atoms with Crippen molar-refractivity contribution in [2.45, 2.75) is 13.5 Å². The van der Waals surface area contributed by atoms with Gasteiger partial charge in [-0.1, -0.05) is 41.9 Å². The number of benzene rings is 2. The summed E-state index contributed by atoms with van der Waals surface area (Å²) in [5.74, 6) is 0. The van der Waals surface area contributed by atoms with Crippen LogP contribution in [-0.2, 0) is 6.54 Å². The quantitative estimate of drug-likeness (QED) is 0.837. The molecule has 0 heterocycles. The van der Waals surface area contributed by atoms with Crippen LogP contribution in [0.1, 0.15) is 11.1 Å². The third-order valence-electron chi connectivity index (χ3n) is 2.68. The van der Waals surface area contributed by atoms with Crippen molar-refractivity contribution in [3.05, 3.63) is 58.6 Å². The molecule has 0 aliphatic rings. The summed E-state index contributed by atoms with van der Waals surface area (Å²) < 4.78 is 0. The monoisotopic (exact) mass is 231 g/mol. The van der Waals surface area contributed by atoms with E-state index in [-0.39, 0.29) is 0 Å². The van der Waals surface area contributed by atoms with Crippen molar-refractivity contribution in [2.24, 2.45) is 5.73 Å². The molecule has 0 unspecified atom stereocenters. The molecular formula is C14H14ClN. The zero-order valence-corrected chi connectivity index (χ0v) is 9.96. The number of rotatable bonds is 2. The summed E-state index contributed by atoms with van der Waals surface area (Å²) >= 11 is 5.87. The fraction of sp³-hybridized carbons (Fsp3) is 0.143. The van der Waals surface area contributed by atoms with Gasteiger partial charge in [0.2, 0.25) is 0 Å². The van der Waals surface area contributed by atoms with Gasteiger partial charge in [-0.05, 0) is 41.3 Å². The molecule has 0 aromatic heterocycles. The molecule has 16 heavy (non-hydrogen) atoms. The van der Waals surface area contributed by atoms with Crippen LogP contribution in [-0.4, -0.2) is 0 Å². The molecule has 0 saturated carbocycles. The van der Waals surface area contributed by atoms with E-state index < -0.39 is 0 Å². The molecule has 2 heteroatoms. The number of aryl methyl sites for hydroxylation is 1. The molecule has 0 atom stereocenters. The van der Waals surface area contributed by atoms with Gasteiger partial charge in [-0.25, -0.2) is 0 Å². The summed E-state index contributed by atoms with van der Waals surface area (Å²) in [6.07, 6.45) is 0. The predicted molar refractivity (Wildman–Crippen MR) is 69.5 cm³/mol. The van der Waals surface area contributed by atoms with Gasteiger partial charge in [-0.15, -0.1) is 0 Å². The molecule has 0 amide bonds. The Morgan fingerprint density at radius 2 is 1.75 bits per heavy atom. The van der Waals surface area contributed by atoms with Crippen LogP contribution in [0.15, 0.2) is 42.5 Å². The van der Waals surface area contributed by atoms with E-state index in [1.54, 1.807) is 0 Å². The van der Waals surface area contributed by atoms with Crippen molar-refractivity contribution >= 4 is 11.6 Å². The van der Waals surface area contributed by atoms with Crippen LogP contribution in [0, 0.1) is 6.92 Å². The zero-order valence-electron chi connectivity index (χ0n) is 9.20. The maximum Gasteiger partial charge on any atom is 0.0406 e. The highest BCUT2D eigenvalue weighted by molar-refractivity contribution is 6.30.